The van der Waals surface area contributed by atoms with Gasteiger partial charge in [0.2, 0.25) is 5.96 Å². The van der Waals surface area contributed by atoms with Gasteiger partial charge < -0.3 is 4.90 Å². The standard InChI is InChI=1S/C21H21N3O/c25-20-19(16-17-10-4-1-5-11-17)22-21(23-14-8-3-9-15-23)24(20)18-12-6-2-7-13-18/h1-2,4-7,10-13,16H,3,8-9,14-15H2/b19-16-. The zero-order chi connectivity index (χ0) is 17.1. The first-order chi connectivity index (χ1) is 12.3. The molecule has 0 spiro atoms. The van der Waals surface area contributed by atoms with E-state index < -0.39 is 0 Å². The predicted octanol–water partition coefficient (Wildman–Crippen LogP) is 3.92. The summed E-state index contributed by atoms with van der Waals surface area (Å²) < 4.78 is 0. The van der Waals surface area contributed by atoms with Gasteiger partial charge in [-0.1, -0.05) is 48.5 Å². The Kier molecular flexibility index (Phi) is 4.34. The Morgan fingerprint density at radius 1 is 0.840 bits per heavy atom. The summed E-state index contributed by atoms with van der Waals surface area (Å²) in [5, 5.41) is 0. The lowest BCUT2D eigenvalue weighted by Crippen LogP contribution is -2.46. The average molecular weight is 331 g/mol. The Labute approximate surface area is 148 Å². The minimum atomic E-state index is -0.0596. The van der Waals surface area contributed by atoms with E-state index >= 15 is 0 Å². The number of rotatable bonds is 2. The zero-order valence-corrected chi connectivity index (χ0v) is 14.1. The van der Waals surface area contributed by atoms with Crippen LogP contribution in [0.2, 0.25) is 0 Å². The lowest BCUT2D eigenvalue weighted by molar-refractivity contribution is -0.113. The number of amides is 1. The molecule has 0 radical (unpaired) electrons. The fourth-order valence-corrected chi connectivity index (χ4v) is 3.33. The van der Waals surface area contributed by atoms with Crippen LogP contribution in [0.25, 0.3) is 6.08 Å². The van der Waals surface area contributed by atoms with Gasteiger partial charge in [0.25, 0.3) is 5.91 Å². The van der Waals surface area contributed by atoms with Crippen LogP contribution in [0.1, 0.15) is 24.8 Å². The quantitative estimate of drug-likeness (QED) is 0.782. The van der Waals surface area contributed by atoms with Crippen LogP contribution in [0.15, 0.2) is 71.4 Å². The largest absolute Gasteiger partial charge is 0.342 e. The van der Waals surface area contributed by atoms with E-state index in [0.717, 1.165) is 43.1 Å². The Morgan fingerprint density at radius 3 is 2.16 bits per heavy atom. The second-order valence-electron chi connectivity index (χ2n) is 6.38. The third kappa shape index (κ3) is 3.20. The van der Waals surface area contributed by atoms with E-state index in [4.69, 9.17) is 4.99 Å². The molecule has 1 saturated heterocycles. The summed E-state index contributed by atoms with van der Waals surface area (Å²) in [5.74, 6) is 0.703. The number of piperidine rings is 1. The van der Waals surface area contributed by atoms with Crippen molar-refractivity contribution in [3.63, 3.8) is 0 Å². The monoisotopic (exact) mass is 331 g/mol. The van der Waals surface area contributed by atoms with Crippen molar-refractivity contribution in [2.45, 2.75) is 19.3 Å². The topological polar surface area (TPSA) is 35.9 Å². The second kappa shape index (κ2) is 6.93. The molecule has 2 aromatic carbocycles. The Hall–Kier alpha value is -2.88. The van der Waals surface area contributed by atoms with E-state index in [9.17, 15) is 4.79 Å². The Morgan fingerprint density at radius 2 is 1.48 bits per heavy atom. The number of benzene rings is 2. The molecular weight excluding hydrogens is 310 g/mol. The van der Waals surface area contributed by atoms with Gasteiger partial charge in [0.05, 0.1) is 5.69 Å². The van der Waals surface area contributed by atoms with Gasteiger partial charge >= 0.3 is 0 Å². The number of likely N-dealkylation sites (tertiary alicyclic amines) is 1. The van der Waals surface area contributed by atoms with Crippen molar-refractivity contribution in [1.82, 2.24) is 4.90 Å². The minimum absolute atomic E-state index is 0.0596. The van der Waals surface area contributed by atoms with Gasteiger partial charge in [-0.25, -0.2) is 9.89 Å². The number of guanidine groups is 1. The highest BCUT2D eigenvalue weighted by Crippen LogP contribution is 2.27. The fraction of sp³-hybridized carbons (Fsp3) is 0.238. The number of hydrogen-bond donors (Lipinski definition) is 0. The minimum Gasteiger partial charge on any atom is -0.342 e. The molecule has 0 saturated carbocycles. The van der Waals surface area contributed by atoms with Crippen molar-refractivity contribution in [1.29, 1.82) is 0 Å². The Balaban J connectivity index is 1.74. The molecule has 2 aromatic rings. The van der Waals surface area contributed by atoms with Crippen molar-refractivity contribution in [3.8, 4) is 0 Å². The number of anilines is 1. The summed E-state index contributed by atoms with van der Waals surface area (Å²) in [6.07, 6.45) is 5.41. The van der Waals surface area contributed by atoms with Crippen LogP contribution >= 0.6 is 0 Å². The number of aliphatic imine (C=N–C) groups is 1. The lowest BCUT2D eigenvalue weighted by Gasteiger charge is -2.32. The highest BCUT2D eigenvalue weighted by molar-refractivity contribution is 6.28. The van der Waals surface area contributed by atoms with Crippen LogP contribution in [0.5, 0.6) is 0 Å². The molecule has 4 nitrogen and oxygen atoms in total. The molecule has 0 bridgehead atoms. The smallest absolute Gasteiger partial charge is 0.283 e. The second-order valence-corrected chi connectivity index (χ2v) is 6.38. The molecule has 0 aliphatic carbocycles. The van der Waals surface area contributed by atoms with E-state index in [0.29, 0.717) is 5.70 Å². The van der Waals surface area contributed by atoms with E-state index in [1.54, 1.807) is 4.90 Å². The Bertz CT molecular complexity index is 806. The number of para-hydroxylation sites is 1. The first-order valence-electron chi connectivity index (χ1n) is 8.83. The summed E-state index contributed by atoms with van der Waals surface area (Å²) >= 11 is 0. The van der Waals surface area contributed by atoms with Crippen LogP contribution in [-0.4, -0.2) is 29.9 Å². The molecule has 0 atom stereocenters. The fourth-order valence-electron chi connectivity index (χ4n) is 3.33. The van der Waals surface area contributed by atoms with Gasteiger partial charge in [0, 0.05) is 13.1 Å². The number of carbonyl (C=O) groups is 1. The molecule has 1 amide bonds. The number of nitrogens with zero attached hydrogens (tertiary/aromatic N) is 3. The highest BCUT2D eigenvalue weighted by Gasteiger charge is 2.35. The number of hydrogen-bond acceptors (Lipinski definition) is 3. The zero-order valence-electron chi connectivity index (χ0n) is 14.1. The predicted molar refractivity (Wildman–Crippen MR) is 101 cm³/mol. The molecule has 4 rings (SSSR count). The van der Waals surface area contributed by atoms with Crippen molar-refractivity contribution in [2.75, 3.05) is 18.0 Å². The van der Waals surface area contributed by atoms with E-state index in [2.05, 4.69) is 4.90 Å². The molecule has 0 N–H and O–H groups in total. The molecule has 0 unspecified atom stereocenters. The molecular formula is C21H21N3O. The molecule has 4 heteroatoms. The van der Waals surface area contributed by atoms with Gasteiger partial charge in [-0.15, -0.1) is 0 Å². The van der Waals surface area contributed by atoms with Gasteiger partial charge in [-0.05, 0) is 43.0 Å². The normalized spacial score (nSPS) is 19.4. The molecule has 2 heterocycles. The SMILES string of the molecule is O=C1/C(=C/c2ccccc2)N=C(N2CCCCC2)N1c1ccccc1. The van der Waals surface area contributed by atoms with Crippen LogP contribution < -0.4 is 4.90 Å². The molecule has 0 aromatic heterocycles. The van der Waals surface area contributed by atoms with Crippen LogP contribution in [-0.2, 0) is 4.79 Å². The van der Waals surface area contributed by atoms with Crippen molar-refractivity contribution in [3.05, 3.63) is 71.9 Å². The van der Waals surface area contributed by atoms with E-state index in [1.165, 1.54) is 6.42 Å². The third-order valence-corrected chi connectivity index (χ3v) is 4.60. The molecule has 25 heavy (non-hydrogen) atoms. The van der Waals surface area contributed by atoms with Crippen molar-refractivity contribution >= 4 is 23.6 Å². The van der Waals surface area contributed by atoms with Gasteiger partial charge in [-0.2, -0.15) is 0 Å². The summed E-state index contributed by atoms with van der Waals surface area (Å²) in [7, 11) is 0. The summed E-state index contributed by atoms with van der Waals surface area (Å²) in [5.41, 5.74) is 2.35. The van der Waals surface area contributed by atoms with Crippen LogP contribution in [0.4, 0.5) is 5.69 Å². The number of carbonyl (C=O) groups excluding carboxylic acids is 1. The average Bonchev–Trinajstić information content (AvgIpc) is 3.00. The maximum absolute atomic E-state index is 13.1. The molecule has 2 aliphatic heterocycles. The summed E-state index contributed by atoms with van der Waals surface area (Å²) in [6, 6.07) is 19.7. The first kappa shape index (κ1) is 15.6. The lowest BCUT2D eigenvalue weighted by atomic mass is 10.1. The maximum Gasteiger partial charge on any atom is 0.283 e. The molecule has 1 fully saturated rings. The van der Waals surface area contributed by atoms with Crippen LogP contribution in [0.3, 0.4) is 0 Å². The van der Waals surface area contributed by atoms with Crippen molar-refractivity contribution in [2.24, 2.45) is 4.99 Å². The van der Waals surface area contributed by atoms with E-state index in [-0.39, 0.29) is 5.91 Å². The van der Waals surface area contributed by atoms with Gasteiger partial charge in [-0.3, -0.25) is 4.79 Å². The highest BCUT2D eigenvalue weighted by atomic mass is 16.2. The van der Waals surface area contributed by atoms with E-state index in [1.807, 2.05) is 66.7 Å². The third-order valence-electron chi connectivity index (χ3n) is 4.60. The molecule has 126 valence electrons. The summed E-state index contributed by atoms with van der Waals surface area (Å²) in [4.78, 5) is 21.8. The first-order valence-corrected chi connectivity index (χ1v) is 8.83. The summed E-state index contributed by atoms with van der Waals surface area (Å²) in [6.45, 7) is 1.90. The van der Waals surface area contributed by atoms with Gasteiger partial charge in [0.15, 0.2) is 0 Å². The van der Waals surface area contributed by atoms with Crippen LogP contribution in [0, 0.1) is 0 Å². The maximum atomic E-state index is 13.1. The molecule has 2 aliphatic rings. The van der Waals surface area contributed by atoms with Crippen molar-refractivity contribution < 1.29 is 4.79 Å². The van der Waals surface area contributed by atoms with Gasteiger partial charge in [0.1, 0.15) is 5.70 Å².